The van der Waals surface area contributed by atoms with Crippen molar-refractivity contribution < 1.29 is 19.1 Å². The van der Waals surface area contributed by atoms with E-state index in [0.717, 1.165) is 27.6 Å². The van der Waals surface area contributed by atoms with Crippen LogP contribution in [0.15, 0.2) is 79.0 Å². The Kier molecular flexibility index (Phi) is 9.58. The molecule has 0 atom stereocenters. The van der Waals surface area contributed by atoms with Crippen molar-refractivity contribution in [1.29, 1.82) is 0 Å². The van der Waals surface area contributed by atoms with Gasteiger partial charge in [0.15, 0.2) is 0 Å². The third-order valence-corrected chi connectivity index (χ3v) is 6.69. The molecule has 8 nitrogen and oxygen atoms in total. The Morgan fingerprint density at radius 3 is 2.36 bits per heavy atom. The van der Waals surface area contributed by atoms with Crippen LogP contribution in [-0.4, -0.2) is 67.2 Å². The zero-order chi connectivity index (χ0) is 27.6. The first-order chi connectivity index (χ1) is 19.0. The number of methoxy groups -OCH3 is 2. The van der Waals surface area contributed by atoms with Gasteiger partial charge in [0.05, 0.1) is 13.7 Å². The van der Waals surface area contributed by atoms with Crippen LogP contribution in [0.3, 0.4) is 0 Å². The van der Waals surface area contributed by atoms with Crippen molar-refractivity contribution in [3.8, 4) is 5.75 Å². The van der Waals surface area contributed by atoms with Gasteiger partial charge >= 0.3 is 6.03 Å². The summed E-state index contributed by atoms with van der Waals surface area (Å²) >= 11 is 0. The number of fused-ring (bicyclic) bond motifs is 1. The van der Waals surface area contributed by atoms with Crippen LogP contribution in [0, 0.1) is 6.92 Å². The number of urea groups is 1. The molecular formula is C31H36N4O4. The van der Waals surface area contributed by atoms with Crippen molar-refractivity contribution in [1.82, 2.24) is 14.8 Å². The number of amides is 3. The average Bonchev–Trinajstić information content (AvgIpc) is 3.37. The molecule has 4 rings (SSSR count). The van der Waals surface area contributed by atoms with Gasteiger partial charge in [-0.2, -0.15) is 0 Å². The largest absolute Gasteiger partial charge is 0.497 e. The monoisotopic (exact) mass is 528 g/mol. The lowest BCUT2D eigenvalue weighted by atomic mass is 10.1. The molecule has 0 fully saturated rings. The molecule has 0 aliphatic carbocycles. The Morgan fingerprint density at radius 2 is 1.64 bits per heavy atom. The van der Waals surface area contributed by atoms with Crippen molar-refractivity contribution >= 4 is 28.5 Å². The summed E-state index contributed by atoms with van der Waals surface area (Å²) in [6.45, 7) is 3.55. The maximum atomic E-state index is 13.7. The van der Waals surface area contributed by atoms with Crippen LogP contribution in [0.4, 0.5) is 10.5 Å². The minimum atomic E-state index is -0.363. The van der Waals surface area contributed by atoms with Crippen molar-refractivity contribution in [2.75, 3.05) is 45.8 Å². The van der Waals surface area contributed by atoms with Crippen LogP contribution in [0.1, 0.15) is 16.7 Å². The summed E-state index contributed by atoms with van der Waals surface area (Å²) in [6, 6.07) is 23.0. The number of nitrogens with one attached hydrogen (secondary N) is 2. The van der Waals surface area contributed by atoms with Gasteiger partial charge in [-0.1, -0.05) is 48.0 Å². The summed E-state index contributed by atoms with van der Waals surface area (Å²) in [5, 5.41) is 4.03. The molecular weight excluding hydrogens is 492 g/mol. The number of hydrogen-bond acceptors (Lipinski definition) is 4. The van der Waals surface area contributed by atoms with Gasteiger partial charge in [0.1, 0.15) is 12.3 Å². The normalized spacial score (nSPS) is 10.8. The van der Waals surface area contributed by atoms with E-state index in [2.05, 4.69) is 16.4 Å². The van der Waals surface area contributed by atoms with Crippen LogP contribution in [0.2, 0.25) is 0 Å². The van der Waals surface area contributed by atoms with E-state index in [1.54, 1.807) is 38.5 Å². The standard InChI is InChI=1S/C31H36N4O4/c1-23-8-10-24(11-9-23)21-34(17-16-25-20-32-29-7-5-4-6-28(25)29)30(36)22-35(18-19-38-2)31(37)33-26-12-14-27(39-3)15-13-26/h4-15,20,32H,16-19,21-22H2,1-3H3,(H,33,37). The van der Waals surface area contributed by atoms with E-state index < -0.39 is 0 Å². The SMILES string of the molecule is COCCN(CC(=O)N(CCc1c[nH]c2ccccc12)Cc1ccc(C)cc1)C(=O)Nc1ccc(OC)cc1. The summed E-state index contributed by atoms with van der Waals surface area (Å²) < 4.78 is 10.4. The molecule has 1 heterocycles. The highest BCUT2D eigenvalue weighted by Crippen LogP contribution is 2.19. The van der Waals surface area contributed by atoms with Crippen molar-refractivity contribution in [3.05, 3.63) is 95.7 Å². The fraction of sp³-hybridized carbons (Fsp3) is 0.290. The number of para-hydroxylation sites is 1. The van der Waals surface area contributed by atoms with Gasteiger partial charge in [-0.05, 0) is 54.8 Å². The second-order valence-electron chi connectivity index (χ2n) is 9.48. The maximum absolute atomic E-state index is 13.7. The fourth-order valence-corrected chi connectivity index (χ4v) is 4.39. The minimum absolute atomic E-state index is 0.0644. The molecule has 8 heteroatoms. The lowest BCUT2D eigenvalue weighted by molar-refractivity contribution is -0.132. The highest BCUT2D eigenvalue weighted by molar-refractivity contribution is 5.92. The zero-order valence-electron chi connectivity index (χ0n) is 22.8. The van der Waals surface area contributed by atoms with E-state index in [0.29, 0.717) is 37.6 Å². The van der Waals surface area contributed by atoms with Crippen LogP contribution in [-0.2, 0) is 22.5 Å². The number of aromatic nitrogens is 1. The Hall–Kier alpha value is -4.30. The Bertz CT molecular complexity index is 1370. The van der Waals surface area contributed by atoms with E-state index in [1.807, 2.05) is 60.5 Å². The number of carbonyl (C=O) groups is 2. The molecule has 204 valence electrons. The minimum Gasteiger partial charge on any atom is -0.497 e. The fourth-order valence-electron chi connectivity index (χ4n) is 4.39. The number of benzene rings is 3. The third kappa shape index (κ3) is 7.61. The summed E-state index contributed by atoms with van der Waals surface area (Å²) in [5.41, 5.74) is 5.05. The topological polar surface area (TPSA) is 86.9 Å². The smallest absolute Gasteiger partial charge is 0.322 e. The summed E-state index contributed by atoms with van der Waals surface area (Å²) in [6.07, 6.45) is 2.70. The number of carbonyl (C=O) groups excluding carboxylic acids is 2. The highest BCUT2D eigenvalue weighted by atomic mass is 16.5. The van der Waals surface area contributed by atoms with Gasteiger partial charge in [-0.15, -0.1) is 0 Å². The molecule has 0 spiro atoms. The molecule has 0 aliphatic rings. The lowest BCUT2D eigenvalue weighted by Crippen LogP contribution is -2.46. The second kappa shape index (κ2) is 13.5. The Labute approximate surface area is 229 Å². The van der Waals surface area contributed by atoms with Gasteiger partial charge in [-0.3, -0.25) is 4.79 Å². The molecule has 39 heavy (non-hydrogen) atoms. The predicted octanol–water partition coefficient (Wildman–Crippen LogP) is 5.24. The van der Waals surface area contributed by atoms with Crippen molar-refractivity contribution in [2.24, 2.45) is 0 Å². The number of rotatable bonds is 12. The second-order valence-corrected chi connectivity index (χ2v) is 9.48. The van der Waals surface area contributed by atoms with Crippen LogP contribution < -0.4 is 10.1 Å². The van der Waals surface area contributed by atoms with Crippen molar-refractivity contribution in [2.45, 2.75) is 19.9 Å². The molecule has 1 aromatic heterocycles. The van der Waals surface area contributed by atoms with Crippen LogP contribution >= 0.6 is 0 Å². The number of nitrogens with zero attached hydrogens (tertiary/aromatic N) is 2. The maximum Gasteiger partial charge on any atom is 0.322 e. The van der Waals surface area contributed by atoms with Gasteiger partial charge < -0.3 is 29.6 Å². The van der Waals surface area contributed by atoms with E-state index >= 15 is 0 Å². The van der Waals surface area contributed by atoms with E-state index in [1.165, 1.54) is 4.90 Å². The predicted molar refractivity (Wildman–Crippen MR) is 154 cm³/mol. The average molecular weight is 529 g/mol. The first-order valence-corrected chi connectivity index (χ1v) is 13.0. The molecule has 0 radical (unpaired) electrons. The van der Waals surface area contributed by atoms with Gasteiger partial charge in [-0.25, -0.2) is 4.79 Å². The Balaban J connectivity index is 1.49. The highest BCUT2D eigenvalue weighted by Gasteiger charge is 2.22. The number of hydrogen-bond donors (Lipinski definition) is 2. The molecule has 0 saturated heterocycles. The molecule has 0 aliphatic heterocycles. The molecule has 0 bridgehead atoms. The molecule has 2 N–H and O–H groups in total. The van der Waals surface area contributed by atoms with Gasteiger partial charge in [0, 0.05) is 49.5 Å². The van der Waals surface area contributed by atoms with Gasteiger partial charge in [0.2, 0.25) is 5.91 Å². The molecule has 4 aromatic rings. The first-order valence-electron chi connectivity index (χ1n) is 13.0. The van der Waals surface area contributed by atoms with Gasteiger partial charge in [0.25, 0.3) is 0 Å². The molecule has 0 saturated carbocycles. The van der Waals surface area contributed by atoms with E-state index in [-0.39, 0.29) is 25.0 Å². The summed E-state index contributed by atoms with van der Waals surface area (Å²) in [7, 11) is 3.17. The summed E-state index contributed by atoms with van der Waals surface area (Å²) in [5.74, 6) is 0.567. The van der Waals surface area contributed by atoms with E-state index in [4.69, 9.17) is 9.47 Å². The Morgan fingerprint density at radius 1 is 0.897 bits per heavy atom. The van der Waals surface area contributed by atoms with Crippen LogP contribution in [0.5, 0.6) is 5.75 Å². The lowest BCUT2D eigenvalue weighted by Gasteiger charge is -2.28. The molecule has 0 unspecified atom stereocenters. The third-order valence-electron chi connectivity index (χ3n) is 6.69. The number of anilines is 1. The first kappa shape index (κ1) is 27.7. The number of aromatic amines is 1. The molecule has 3 aromatic carbocycles. The quantitative estimate of drug-likeness (QED) is 0.263. The van der Waals surface area contributed by atoms with E-state index in [9.17, 15) is 9.59 Å². The summed E-state index contributed by atoms with van der Waals surface area (Å²) in [4.78, 5) is 33.5. The number of H-pyrrole nitrogens is 1. The zero-order valence-corrected chi connectivity index (χ0v) is 22.8. The number of aryl methyl sites for hydroxylation is 1. The number of ether oxygens (including phenoxy) is 2. The van der Waals surface area contributed by atoms with Crippen LogP contribution in [0.25, 0.3) is 10.9 Å². The van der Waals surface area contributed by atoms with Crippen molar-refractivity contribution in [3.63, 3.8) is 0 Å². The molecule has 3 amide bonds.